The molecule has 1 heterocycles. The first-order valence-corrected chi connectivity index (χ1v) is 7.97. The summed E-state index contributed by atoms with van der Waals surface area (Å²) in [5, 5.41) is 10.8. The third-order valence-corrected chi connectivity index (χ3v) is 4.24. The molecule has 0 radical (unpaired) electrons. The minimum Gasteiger partial charge on any atom is -0.358 e. The number of carbonyl (C=O) groups is 1. The molecule has 132 valence electrons. The predicted molar refractivity (Wildman–Crippen MR) is 94.5 cm³/mol. The van der Waals surface area contributed by atoms with Crippen molar-refractivity contribution in [1.29, 1.82) is 0 Å². The number of aryl methyl sites for hydroxylation is 1. The highest BCUT2D eigenvalue weighted by Gasteiger charge is 2.24. The Morgan fingerprint density at radius 2 is 1.85 bits per heavy atom. The number of Topliss-reactive ketones (excluding diaryl/α,β-unsaturated/α-hetero) is 1. The minimum absolute atomic E-state index is 0.208. The van der Waals surface area contributed by atoms with Crippen molar-refractivity contribution in [2.75, 3.05) is 0 Å². The van der Waals surface area contributed by atoms with E-state index in [0.717, 1.165) is 0 Å². The number of nitro groups is 1. The van der Waals surface area contributed by atoms with Gasteiger partial charge in [-0.05, 0) is 28.5 Å². The van der Waals surface area contributed by atoms with E-state index in [-0.39, 0.29) is 17.4 Å². The zero-order valence-electron chi connectivity index (χ0n) is 14.2. The first-order chi connectivity index (χ1) is 12.4. The standard InChI is InChI=1S/C19H16FN3O3/c1-12(22-11-18(23(25)26)21-13(22)2)19(24)15-9-7-14(8-10-15)16-5-3-4-6-17(16)20/h3-12H,1-2H3. The molecule has 0 aliphatic rings. The van der Waals surface area contributed by atoms with Crippen LogP contribution in [0.4, 0.5) is 10.2 Å². The van der Waals surface area contributed by atoms with Gasteiger partial charge in [-0.2, -0.15) is 0 Å². The summed E-state index contributed by atoms with van der Waals surface area (Å²) in [5.41, 5.74) is 1.57. The molecule has 0 aliphatic heterocycles. The van der Waals surface area contributed by atoms with Gasteiger partial charge in [0.2, 0.25) is 5.82 Å². The van der Waals surface area contributed by atoms with Crippen molar-refractivity contribution in [3.05, 3.63) is 82.0 Å². The van der Waals surface area contributed by atoms with Crippen molar-refractivity contribution in [2.24, 2.45) is 0 Å². The molecule has 2 aromatic carbocycles. The van der Waals surface area contributed by atoms with E-state index in [4.69, 9.17) is 0 Å². The lowest BCUT2D eigenvalue weighted by molar-refractivity contribution is -0.389. The monoisotopic (exact) mass is 353 g/mol. The van der Waals surface area contributed by atoms with Crippen LogP contribution in [-0.4, -0.2) is 20.3 Å². The lowest BCUT2D eigenvalue weighted by Crippen LogP contribution is -2.17. The van der Waals surface area contributed by atoms with Crippen LogP contribution in [0.25, 0.3) is 11.1 Å². The van der Waals surface area contributed by atoms with E-state index in [1.165, 1.54) is 16.8 Å². The van der Waals surface area contributed by atoms with Crippen molar-refractivity contribution < 1.29 is 14.1 Å². The van der Waals surface area contributed by atoms with Crippen LogP contribution >= 0.6 is 0 Å². The molecule has 0 bridgehead atoms. The van der Waals surface area contributed by atoms with Crippen molar-refractivity contribution in [1.82, 2.24) is 9.55 Å². The predicted octanol–water partition coefficient (Wildman–Crippen LogP) is 4.35. The van der Waals surface area contributed by atoms with Gasteiger partial charge in [0.25, 0.3) is 0 Å². The molecule has 1 unspecified atom stereocenters. The van der Waals surface area contributed by atoms with Crippen LogP contribution in [0.2, 0.25) is 0 Å². The Bertz CT molecular complexity index is 980. The molecule has 1 atom stereocenters. The quantitative estimate of drug-likeness (QED) is 0.388. The number of imidazole rings is 1. The third kappa shape index (κ3) is 3.23. The molecule has 3 rings (SSSR count). The SMILES string of the molecule is Cc1nc([N+](=O)[O-])cn1C(C)C(=O)c1ccc(-c2ccccc2F)cc1. The van der Waals surface area contributed by atoms with E-state index < -0.39 is 11.0 Å². The number of nitrogens with zero attached hydrogens (tertiary/aromatic N) is 3. The number of hydrogen-bond donors (Lipinski definition) is 0. The molecule has 26 heavy (non-hydrogen) atoms. The largest absolute Gasteiger partial charge is 0.381 e. The Balaban J connectivity index is 1.86. The maximum atomic E-state index is 13.9. The zero-order chi connectivity index (χ0) is 18.8. The molecule has 0 aliphatic carbocycles. The van der Waals surface area contributed by atoms with Gasteiger partial charge in [0.05, 0.1) is 6.04 Å². The molecule has 0 amide bonds. The Morgan fingerprint density at radius 1 is 1.19 bits per heavy atom. The second-order valence-corrected chi connectivity index (χ2v) is 5.91. The Morgan fingerprint density at radius 3 is 2.42 bits per heavy atom. The summed E-state index contributed by atoms with van der Waals surface area (Å²) in [4.78, 5) is 26.8. The van der Waals surface area contributed by atoms with Crippen LogP contribution in [0.1, 0.15) is 29.1 Å². The van der Waals surface area contributed by atoms with Gasteiger partial charge in [0.15, 0.2) is 5.78 Å². The van der Waals surface area contributed by atoms with Crippen molar-refractivity contribution in [3.63, 3.8) is 0 Å². The molecule has 6 nitrogen and oxygen atoms in total. The van der Waals surface area contributed by atoms with Crippen LogP contribution in [0.5, 0.6) is 0 Å². The van der Waals surface area contributed by atoms with Gasteiger partial charge < -0.3 is 10.1 Å². The lowest BCUT2D eigenvalue weighted by atomic mass is 10.00. The van der Waals surface area contributed by atoms with Gasteiger partial charge in [0.1, 0.15) is 12.0 Å². The van der Waals surface area contributed by atoms with Gasteiger partial charge in [-0.1, -0.05) is 42.5 Å². The Hall–Kier alpha value is -3.35. The van der Waals surface area contributed by atoms with E-state index in [2.05, 4.69) is 4.98 Å². The van der Waals surface area contributed by atoms with Gasteiger partial charge in [-0.15, -0.1) is 0 Å². The second-order valence-electron chi connectivity index (χ2n) is 5.91. The van der Waals surface area contributed by atoms with Crippen LogP contribution in [0.15, 0.2) is 54.7 Å². The van der Waals surface area contributed by atoms with Crippen LogP contribution in [-0.2, 0) is 0 Å². The minimum atomic E-state index is -0.643. The second kappa shape index (κ2) is 6.87. The number of benzene rings is 2. The number of halogens is 1. The highest BCUT2D eigenvalue weighted by Crippen LogP contribution is 2.25. The maximum Gasteiger partial charge on any atom is 0.381 e. The van der Waals surface area contributed by atoms with Crippen molar-refractivity contribution in [2.45, 2.75) is 19.9 Å². The summed E-state index contributed by atoms with van der Waals surface area (Å²) in [6.07, 6.45) is 1.26. The molecule has 0 saturated heterocycles. The number of hydrogen-bond acceptors (Lipinski definition) is 4. The molecule has 1 aromatic heterocycles. The highest BCUT2D eigenvalue weighted by molar-refractivity contribution is 5.99. The summed E-state index contributed by atoms with van der Waals surface area (Å²) in [6, 6.07) is 12.4. The van der Waals surface area contributed by atoms with Crippen LogP contribution in [0.3, 0.4) is 0 Å². The lowest BCUT2D eigenvalue weighted by Gasteiger charge is -2.12. The van der Waals surface area contributed by atoms with Gasteiger partial charge in [0, 0.05) is 18.1 Å². The fourth-order valence-corrected chi connectivity index (χ4v) is 2.83. The molecule has 0 N–H and O–H groups in total. The average molecular weight is 353 g/mol. The third-order valence-electron chi connectivity index (χ3n) is 4.24. The van der Waals surface area contributed by atoms with E-state index in [9.17, 15) is 19.3 Å². The Kier molecular flexibility index (Phi) is 4.62. The number of ketones is 1. The number of carbonyl (C=O) groups excluding carboxylic acids is 1. The molecular weight excluding hydrogens is 337 g/mol. The van der Waals surface area contributed by atoms with Gasteiger partial charge in [-0.25, -0.2) is 4.39 Å². The van der Waals surface area contributed by atoms with E-state index in [1.54, 1.807) is 56.3 Å². The zero-order valence-corrected chi connectivity index (χ0v) is 14.2. The summed E-state index contributed by atoms with van der Waals surface area (Å²) in [5.74, 6) is -0.445. The van der Waals surface area contributed by atoms with Crippen molar-refractivity contribution >= 4 is 11.6 Å². The maximum absolute atomic E-state index is 13.9. The fraction of sp³-hybridized carbons (Fsp3) is 0.158. The first kappa shape index (κ1) is 17.5. The molecule has 7 heteroatoms. The summed E-state index contributed by atoms with van der Waals surface area (Å²) < 4.78 is 15.3. The normalized spacial score (nSPS) is 12.0. The van der Waals surface area contributed by atoms with Crippen LogP contribution < -0.4 is 0 Å². The van der Waals surface area contributed by atoms with E-state index >= 15 is 0 Å². The Labute approximate surface area is 149 Å². The highest BCUT2D eigenvalue weighted by atomic mass is 19.1. The average Bonchev–Trinajstić information content (AvgIpc) is 3.03. The van der Waals surface area contributed by atoms with Crippen LogP contribution in [0, 0.1) is 22.9 Å². The fourth-order valence-electron chi connectivity index (χ4n) is 2.83. The molecule has 3 aromatic rings. The van der Waals surface area contributed by atoms with E-state index in [0.29, 0.717) is 22.5 Å². The van der Waals surface area contributed by atoms with Gasteiger partial charge in [-0.3, -0.25) is 9.36 Å². The molecule has 0 fully saturated rings. The number of aromatic nitrogens is 2. The van der Waals surface area contributed by atoms with Crippen molar-refractivity contribution in [3.8, 4) is 11.1 Å². The summed E-state index contributed by atoms with van der Waals surface area (Å²) >= 11 is 0. The summed E-state index contributed by atoms with van der Waals surface area (Å²) in [7, 11) is 0. The van der Waals surface area contributed by atoms with Gasteiger partial charge >= 0.3 is 5.82 Å². The van der Waals surface area contributed by atoms with E-state index in [1.807, 2.05) is 0 Å². The topological polar surface area (TPSA) is 78.0 Å². The number of rotatable bonds is 5. The first-order valence-electron chi connectivity index (χ1n) is 7.97. The molecule has 0 saturated carbocycles. The molecular formula is C19H16FN3O3. The smallest absolute Gasteiger partial charge is 0.358 e. The molecule has 0 spiro atoms. The summed E-state index contributed by atoms with van der Waals surface area (Å²) in [6.45, 7) is 3.27.